The summed E-state index contributed by atoms with van der Waals surface area (Å²) in [6.45, 7) is 0. The Morgan fingerprint density at radius 1 is 0.923 bits per heavy atom. The number of hydrogen-bond donors (Lipinski definition) is 1. The topological polar surface area (TPSA) is 43.1 Å². The summed E-state index contributed by atoms with van der Waals surface area (Å²) in [7, 11) is 0. The number of carbonyl (C=O) groups excluding carboxylic acids is 1. The number of halogens is 3. The second-order valence-electron chi connectivity index (χ2n) is 2.02. The molecule has 0 aliphatic rings. The average molecular weight is 241 g/mol. The number of carbonyl (C=O) groups is 1. The molecule has 0 aromatic heterocycles. The minimum atomic E-state index is -1.94. The SMILES string of the molecule is NC(=O)C(Cl)(Cl)Cl.c1ccccc1. The highest BCUT2D eigenvalue weighted by atomic mass is 35.6. The van der Waals surface area contributed by atoms with Crippen LogP contribution < -0.4 is 5.73 Å². The zero-order valence-electron chi connectivity index (χ0n) is 6.58. The molecule has 0 radical (unpaired) electrons. The van der Waals surface area contributed by atoms with Crippen LogP contribution >= 0.6 is 34.8 Å². The van der Waals surface area contributed by atoms with Gasteiger partial charge in [-0.15, -0.1) is 0 Å². The van der Waals surface area contributed by atoms with Crippen LogP contribution in [0, 0.1) is 0 Å². The first kappa shape index (κ1) is 12.6. The first-order chi connectivity index (χ1) is 5.94. The molecule has 0 bridgehead atoms. The number of benzene rings is 1. The number of nitrogens with two attached hydrogens (primary N) is 1. The Bertz CT molecular complexity index is 219. The Balaban J connectivity index is 0.000000223. The van der Waals surface area contributed by atoms with Crippen LogP contribution in [0.1, 0.15) is 0 Å². The quantitative estimate of drug-likeness (QED) is 0.696. The lowest BCUT2D eigenvalue weighted by atomic mass is 10.4. The lowest BCUT2D eigenvalue weighted by Gasteiger charge is -2.01. The van der Waals surface area contributed by atoms with E-state index >= 15 is 0 Å². The lowest BCUT2D eigenvalue weighted by Crippen LogP contribution is -2.27. The van der Waals surface area contributed by atoms with Crippen LogP contribution in [0.25, 0.3) is 0 Å². The minimum Gasteiger partial charge on any atom is -0.366 e. The molecule has 0 fully saturated rings. The number of alkyl halides is 3. The molecule has 0 aliphatic carbocycles. The van der Waals surface area contributed by atoms with Crippen molar-refractivity contribution in [2.45, 2.75) is 3.79 Å². The van der Waals surface area contributed by atoms with E-state index in [4.69, 9.17) is 34.8 Å². The van der Waals surface area contributed by atoms with Crippen LogP contribution in [0.3, 0.4) is 0 Å². The predicted octanol–water partition coefficient (Wildman–Crippen LogP) is 2.53. The van der Waals surface area contributed by atoms with Gasteiger partial charge in [-0.1, -0.05) is 71.2 Å². The summed E-state index contributed by atoms with van der Waals surface area (Å²) < 4.78 is -1.94. The van der Waals surface area contributed by atoms with Gasteiger partial charge in [-0.3, -0.25) is 4.79 Å². The predicted molar refractivity (Wildman–Crippen MR) is 55.9 cm³/mol. The standard InChI is InChI=1S/C6H6.C2H2Cl3NO/c1-2-4-6-5-3-1;3-2(4,5)1(6)7/h1-6H;(H2,6,7). The van der Waals surface area contributed by atoms with Gasteiger partial charge in [0.25, 0.3) is 9.70 Å². The van der Waals surface area contributed by atoms with Crippen molar-refractivity contribution in [2.24, 2.45) is 5.73 Å². The van der Waals surface area contributed by atoms with Gasteiger partial charge in [0.05, 0.1) is 0 Å². The molecule has 0 atom stereocenters. The molecule has 2 nitrogen and oxygen atoms in total. The van der Waals surface area contributed by atoms with Crippen molar-refractivity contribution >= 4 is 40.7 Å². The molecule has 0 saturated heterocycles. The van der Waals surface area contributed by atoms with Crippen LogP contribution in [-0.2, 0) is 4.79 Å². The molecule has 5 heteroatoms. The summed E-state index contributed by atoms with van der Waals surface area (Å²) in [4.78, 5) is 9.85. The van der Waals surface area contributed by atoms with Crippen LogP contribution in [-0.4, -0.2) is 9.70 Å². The van der Waals surface area contributed by atoms with Gasteiger partial charge in [-0.05, 0) is 0 Å². The summed E-state index contributed by atoms with van der Waals surface area (Å²) in [6, 6.07) is 12.0. The first-order valence-electron chi connectivity index (χ1n) is 3.31. The van der Waals surface area contributed by atoms with Crippen LogP contribution in [0.15, 0.2) is 36.4 Å². The Labute approximate surface area is 91.6 Å². The maximum atomic E-state index is 9.85. The molecule has 1 aromatic rings. The lowest BCUT2D eigenvalue weighted by molar-refractivity contribution is -0.117. The highest BCUT2D eigenvalue weighted by Gasteiger charge is 2.26. The van der Waals surface area contributed by atoms with Crippen LogP contribution in [0.5, 0.6) is 0 Å². The second-order valence-corrected chi connectivity index (χ2v) is 4.30. The Morgan fingerprint density at radius 2 is 1.08 bits per heavy atom. The molecule has 0 heterocycles. The van der Waals surface area contributed by atoms with Gasteiger partial charge < -0.3 is 5.73 Å². The summed E-state index contributed by atoms with van der Waals surface area (Å²) >= 11 is 14.8. The van der Waals surface area contributed by atoms with E-state index in [1.807, 2.05) is 36.4 Å². The van der Waals surface area contributed by atoms with E-state index in [9.17, 15) is 4.79 Å². The third kappa shape index (κ3) is 7.91. The molecule has 1 amide bonds. The number of hydrogen-bond acceptors (Lipinski definition) is 1. The molecule has 72 valence electrons. The smallest absolute Gasteiger partial charge is 0.269 e. The van der Waals surface area contributed by atoms with E-state index < -0.39 is 9.70 Å². The fourth-order valence-corrected chi connectivity index (χ4v) is 0.385. The molecule has 0 unspecified atom stereocenters. The highest BCUT2D eigenvalue weighted by molar-refractivity contribution is 6.76. The Morgan fingerprint density at radius 3 is 1.15 bits per heavy atom. The van der Waals surface area contributed by atoms with E-state index in [0.29, 0.717) is 0 Å². The van der Waals surface area contributed by atoms with Crippen molar-refractivity contribution < 1.29 is 4.79 Å². The van der Waals surface area contributed by atoms with E-state index in [1.54, 1.807) is 0 Å². The van der Waals surface area contributed by atoms with Crippen molar-refractivity contribution in [1.29, 1.82) is 0 Å². The number of primary amides is 1. The van der Waals surface area contributed by atoms with Crippen molar-refractivity contribution in [3.8, 4) is 0 Å². The summed E-state index contributed by atoms with van der Waals surface area (Å²) in [5.41, 5.74) is 4.53. The monoisotopic (exact) mass is 239 g/mol. The Hall–Kier alpha value is -0.440. The fourth-order valence-electron chi connectivity index (χ4n) is 0.385. The van der Waals surface area contributed by atoms with Crippen LogP contribution in [0.2, 0.25) is 0 Å². The van der Waals surface area contributed by atoms with Crippen molar-refractivity contribution in [3.05, 3.63) is 36.4 Å². The molecule has 0 saturated carbocycles. The summed E-state index contributed by atoms with van der Waals surface area (Å²) in [5.74, 6) is -0.961. The molecule has 1 aromatic carbocycles. The molecule has 13 heavy (non-hydrogen) atoms. The maximum absolute atomic E-state index is 9.85. The third-order valence-corrected chi connectivity index (χ3v) is 1.50. The molecule has 1 rings (SSSR count). The van der Waals surface area contributed by atoms with Crippen LogP contribution in [0.4, 0.5) is 0 Å². The van der Waals surface area contributed by atoms with Gasteiger partial charge >= 0.3 is 0 Å². The van der Waals surface area contributed by atoms with Crippen molar-refractivity contribution in [1.82, 2.24) is 0 Å². The van der Waals surface area contributed by atoms with E-state index in [1.165, 1.54) is 0 Å². The molecule has 0 spiro atoms. The van der Waals surface area contributed by atoms with E-state index in [0.717, 1.165) is 0 Å². The van der Waals surface area contributed by atoms with Gasteiger partial charge in [0, 0.05) is 0 Å². The van der Waals surface area contributed by atoms with Crippen molar-refractivity contribution in [2.75, 3.05) is 0 Å². The normalized spacial score (nSPS) is 9.77. The van der Waals surface area contributed by atoms with Crippen molar-refractivity contribution in [3.63, 3.8) is 0 Å². The first-order valence-corrected chi connectivity index (χ1v) is 4.44. The van der Waals surface area contributed by atoms with Gasteiger partial charge in [-0.25, -0.2) is 0 Å². The van der Waals surface area contributed by atoms with Gasteiger partial charge in [0.15, 0.2) is 0 Å². The molecular formula is C8H8Cl3NO. The second kappa shape index (κ2) is 6.08. The molecule has 2 N–H and O–H groups in total. The molecular weight excluding hydrogens is 232 g/mol. The largest absolute Gasteiger partial charge is 0.366 e. The van der Waals surface area contributed by atoms with E-state index in [-0.39, 0.29) is 0 Å². The minimum absolute atomic E-state index is 0.961. The summed E-state index contributed by atoms with van der Waals surface area (Å²) in [5, 5.41) is 0. The number of rotatable bonds is 0. The summed E-state index contributed by atoms with van der Waals surface area (Å²) in [6.07, 6.45) is 0. The van der Waals surface area contributed by atoms with Gasteiger partial charge in [0.2, 0.25) is 0 Å². The van der Waals surface area contributed by atoms with E-state index in [2.05, 4.69) is 5.73 Å². The van der Waals surface area contributed by atoms with Gasteiger partial charge in [-0.2, -0.15) is 0 Å². The Kier molecular flexibility index (Phi) is 5.88. The highest BCUT2D eigenvalue weighted by Crippen LogP contribution is 2.24. The zero-order valence-corrected chi connectivity index (χ0v) is 8.85. The molecule has 0 aliphatic heterocycles. The average Bonchev–Trinajstić information content (AvgIpc) is 2.07. The zero-order chi connectivity index (χ0) is 10.3. The maximum Gasteiger partial charge on any atom is 0.269 e. The third-order valence-electron chi connectivity index (χ3n) is 0.946. The fraction of sp³-hybridized carbons (Fsp3) is 0.125. The van der Waals surface area contributed by atoms with Gasteiger partial charge in [0.1, 0.15) is 0 Å². The number of amides is 1.